The van der Waals surface area contributed by atoms with E-state index in [2.05, 4.69) is 10.6 Å². The number of methoxy groups -OCH3 is 1. The van der Waals surface area contributed by atoms with Crippen molar-refractivity contribution in [1.29, 1.82) is 0 Å². The van der Waals surface area contributed by atoms with Gasteiger partial charge in [0.15, 0.2) is 0 Å². The second-order valence-corrected chi connectivity index (χ2v) is 9.78. The summed E-state index contributed by atoms with van der Waals surface area (Å²) in [5.41, 5.74) is 0.611. The third-order valence-corrected chi connectivity index (χ3v) is 7.19. The highest BCUT2D eigenvalue weighted by molar-refractivity contribution is 7.12. The van der Waals surface area contributed by atoms with Gasteiger partial charge < -0.3 is 20.3 Å². The largest absolute Gasteiger partial charge is 0.497 e. The van der Waals surface area contributed by atoms with Crippen LogP contribution in [0.3, 0.4) is 0 Å². The summed E-state index contributed by atoms with van der Waals surface area (Å²) in [5, 5.41) is 7.86. The summed E-state index contributed by atoms with van der Waals surface area (Å²) in [6.45, 7) is 7.14. The van der Waals surface area contributed by atoms with E-state index in [4.69, 9.17) is 4.74 Å². The van der Waals surface area contributed by atoms with Crippen LogP contribution in [-0.4, -0.2) is 54.9 Å². The molecule has 2 atom stereocenters. The van der Waals surface area contributed by atoms with Crippen molar-refractivity contribution < 1.29 is 19.1 Å². The van der Waals surface area contributed by atoms with Crippen molar-refractivity contribution in [3.05, 3.63) is 52.2 Å². The van der Waals surface area contributed by atoms with Crippen LogP contribution in [-0.2, 0) is 4.79 Å². The zero-order valence-electron chi connectivity index (χ0n) is 19.7. The van der Waals surface area contributed by atoms with Gasteiger partial charge in [-0.05, 0) is 67.3 Å². The molecule has 2 aromatic rings. The van der Waals surface area contributed by atoms with Gasteiger partial charge in [0.05, 0.1) is 12.0 Å². The van der Waals surface area contributed by atoms with Crippen molar-refractivity contribution in [2.75, 3.05) is 20.2 Å². The Bertz CT molecular complexity index is 935. The number of nitrogens with zero attached hydrogens (tertiary/aromatic N) is 1. The van der Waals surface area contributed by atoms with Crippen LogP contribution in [0.4, 0.5) is 0 Å². The molecule has 8 heteroatoms. The highest BCUT2D eigenvalue weighted by Crippen LogP contribution is 2.24. The van der Waals surface area contributed by atoms with Gasteiger partial charge in [-0.2, -0.15) is 0 Å². The lowest BCUT2D eigenvalue weighted by molar-refractivity contribution is -0.125. The van der Waals surface area contributed by atoms with Gasteiger partial charge in [0, 0.05) is 24.7 Å². The number of thiophene rings is 1. The SMILES string of the molecule is COc1ccc(C(=O)N2CCC(C(NC(=O)c3cccs3)C(=O)NC(C)C(C)C)CC2)cc1. The first-order chi connectivity index (χ1) is 15.8. The van der Waals surface area contributed by atoms with E-state index in [9.17, 15) is 14.4 Å². The number of likely N-dealkylation sites (tertiary alicyclic amines) is 1. The summed E-state index contributed by atoms with van der Waals surface area (Å²) in [5.74, 6) is 0.504. The van der Waals surface area contributed by atoms with E-state index in [0.717, 1.165) is 0 Å². The van der Waals surface area contributed by atoms with E-state index < -0.39 is 6.04 Å². The number of benzene rings is 1. The van der Waals surface area contributed by atoms with E-state index in [1.165, 1.54) is 11.3 Å². The van der Waals surface area contributed by atoms with Crippen molar-refractivity contribution in [3.8, 4) is 5.75 Å². The van der Waals surface area contributed by atoms with Gasteiger partial charge in [-0.3, -0.25) is 14.4 Å². The number of rotatable bonds is 8. The van der Waals surface area contributed by atoms with E-state index in [1.807, 2.05) is 37.1 Å². The lowest BCUT2D eigenvalue weighted by atomic mass is 9.88. The van der Waals surface area contributed by atoms with Crippen molar-refractivity contribution in [2.24, 2.45) is 11.8 Å². The summed E-state index contributed by atoms with van der Waals surface area (Å²) in [7, 11) is 1.59. The monoisotopic (exact) mass is 471 g/mol. The maximum absolute atomic E-state index is 13.1. The molecule has 0 saturated carbocycles. The van der Waals surface area contributed by atoms with Crippen LogP contribution in [0.2, 0.25) is 0 Å². The first-order valence-electron chi connectivity index (χ1n) is 11.4. The molecular formula is C25H33N3O4S. The molecule has 7 nitrogen and oxygen atoms in total. The fourth-order valence-electron chi connectivity index (χ4n) is 3.85. The van der Waals surface area contributed by atoms with Crippen LogP contribution < -0.4 is 15.4 Å². The average molecular weight is 472 g/mol. The van der Waals surface area contributed by atoms with Crippen LogP contribution in [0.25, 0.3) is 0 Å². The van der Waals surface area contributed by atoms with Crippen LogP contribution in [0.15, 0.2) is 41.8 Å². The van der Waals surface area contributed by atoms with E-state index in [1.54, 1.807) is 37.4 Å². The second kappa shape index (κ2) is 11.3. The maximum atomic E-state index is 13.1. The number of amides is 3. The first kappa shape index (κ1) is 24.8. The molecule has 1 aliphatic heterocycles. The van der Waals surface area contributed by atoms with E-state index >= 15 is 0 Å². The van der Waals surface area contributed by atoms with E-state index in [-0.39, 0.29) is 35.6 Å². The van der Waals surface area contributed by atoms with Gasteiger partial charge in [-0.15, -0.1) is 11.3 Å². The Balaban J connectivity index is 1.67. The summed E-state index contributed by atoms with van der Waals surface area (Å²) in [4.78, 5) is 41.2. The summed E-state index contributed by atoms with van der Waals surface area (Å²) in [6.07, 6.45) is 1.28. The molecule has 33 heavy (non-hydrogen) atoms. The summed E-state index contributed by atoms with van der Waals surface area (Å²) in [6, 6.07) is 10.00. The Morgan fingerprint density at radius 1 is 1.03 bits per heavy atom. The molecular weight excluding hydrogens is 438 g/mol. The van der Waals surface area contributed by atoms with Crippen molar-refractivity contribution in [2.45, 2.75) is 45.7 Å². The van der Waals surface area contributed by atoms with Crippen LogP contribution in [0, 0.1) is 11.8 Å². The summed E-state index contributed by atoms with van der Waals surface area (Å²) >= 11 is 1.35. The number of hydrogen-bond acceptors (Lipinski definition) is 5. The number of nitrogens with one attached hydrogen (secondary N) is 2. The van der Waals surface area contributed by atoms with Crippen LogP contribution in [0.1, 0.15) is 53.6 Å². The standard InChI is InChI=1S/C25H33N3O4S/c1-16(2)17(3)26-24(30)22(27-23(29)21-6-5-15-33-21)18-11-13-28(14-12-18)25(31)19-7-9-20(32-4)10-8-19/h5-10,15-18,22H,11-14H2,1-4H3,(H,26,30)(H,27,29). The smallest absolute Gasteiger partial charge is 0.262 e. The van der Waals surface area contributed by atoms with Crippen molar-refractivity contribution >= 4 is 29.1 Å². The Kier molecular flexibility index (Phi) is 8.49. The Labute approximate surface area is 199 Å². The molecule has 0 bridgehead atoms. The van der Waals surface area contributed by atoms with Crippen LogP contribution >= 0.6 is 11.3 Å². The minimum Gasteiger partial charge on any atom is -0.497 e. The molecule has 3 amide bonds. The molecule has 2 heterocycles. The molecule has 1 fully saturated rings. The highest BCUT2D eigenvalue weighted by atomic mass is 32.1. The predicted molar refractivity (Wildman–Crippen MR) is 130 cm³/mol. The Morgan fingerprint density at radius 2 is 1.70 bits per heavy atom. The van der Waals surface area contributed by atoms with Gasteiger partial charge in [0.25, 0.3) is 11.8 Å². The predicted octanol–water partition coefficient (Wildman–Crippen LogP) is 3.57. The molecule has 2 N–H and O–H groups in total. The highest BCUT2D eigenvalue weighted by Gasteiger charge is 2.35. The van der Waals surface area contributed by atoms with Gasteiger partial charge >= 0.3 is 0 Å². The van der Waals surface area contributed by atoms with Gasteiger partial charge in [0.1, 0.15) is 11.8 Å². The Hall–Kier alpha value is -2.87. The molecule has 0 radical (unpaired) electrons. The second-order valence-electron chi connectivity index (χ2n) is 8.83. The normalized spacial score (nSPS) is 16.2. The molecule has 1 aromatic carbocycles. The molecule has 178 valence electrons. The quantitative estimate of drug-likeness (QED) is 0.616. The summed E-state index contributed by atoms with van der Waals surface area (Å²) < 4.78 is 5.16. The molecule has 3 rings (SSSR count). The van der Waals surface area contributed by atoms with Gasteiger partial charge in [0.2, 0.25) is 5.91 Å². The zero-order valence-corrected chi connectivity index (χ0v) is 20.5. The van der Waals surface area contributed by atoms with Gasteiger partial charge in [-0.1, -0.05) is 19.9 Å². The Morgan fingerprint density at radius 3 is 2.24 bits per heavy atom. The lowest BCUT2D eigenvalue weighted by Gasteiger charge is -2.36. The number of piperidine rings is 1. The van der Waals surface area contributed by atoms with E-state index in [0.29, 0.717) is 42.1 Å². The minimum atomic E-state index is -0.640. The molecule has 1 saturated heterocycles. The fourth-order valence-corrected chi connectivity index (χ4v) is 4.48. The first-order valence-corrected chi connectivity index (χ1v) is 12.3. The molecule has 0 aliphatic carbocycles. The molecule has 1 aromatic heterocycles. The minimum absolute atomic E-state index is 0.00428. The van der Waals surface area contributed by atoms with Crippen molar-refractivity contribution in [3.63, 3.8) is 0 Å². The molecule has 0 spiro atoms. The number of hydrogen-bond donors (Lipinski definition) is 2. The maximum Gasteiger partial charge on any atom is 0.262 e. The third-order valence-electron chi connectivity index (χ3n) is 6.32. The van der Waals surface area contributed by atoms with Gasteiger partial charge in [-0.25, -0.2) is 0 Å². The van der Waals surface area contributed by atoms with Crippen molar-refractivity contribution in [1.82, 2.24) is 15.5 Å². The number of ether oxygens (including phenoxy) is 1. The number of carbonyl (C=O) groups excluding carboxylic acids is 3. The topological polar surface area (TPSA) is 87.7 Å². The average Bonchev–Trinajstić information content (AvgIpc) is 3.37. The fraction of sp³-hybridized carbons (Fsp3) is 0.480. The zero-order chi connectivity index (χ0) is 24.0. The lowest BCUT2D eigenvalue weighted by Crippen LogP contribution is -2.55. The molecule has 1 aliphatic rings. The van der Waals surface area contributed by atoms with Crippen LogP contribution in [0.5, 0.6) is 5.75 Å². The molecule has 2 unspecified atom stereocenters. The third kappa shape index (κ3) is 6.35. The number of carbonyl (C=O) groups is 3.